The van der Waals surface area contributed by atoms with Crippen LogP contribution >= 0.6 is 0 Å². The van der Waals surface area contributed by atoms with Gasteiger partial charge in [0.25, 0.3) is 0 Å². The molecular formula is C14H23N3O3. The van der Waals surface area contributed by atoms with E-state index in [9.17, 15) is 4.79 Å². The SMILES string of the molecule is O=C(COC[C@H]1CCCCO1)NCCCn1ccnc1. The summed E-state index contributed by atoms with van der Waals surface area (Å²) in [6, 6.07) is 0. The van der Waals surface area contributed by atoms with Crippen molar-refractivity contribution >= 4 is 5.91 Å². The second-order valence-corrected chi connectivity index (χ2v) is 5.01. The number of ether oxygens (including phenoxy) is 2. The van der Waals surface area contributed by atoms with Crippen LogP contribution in [0.25, 0.3) is 0 Å². The Morgan fingerprint density at radius 2 is 2.45 bits per heavy atom. The van der Waals surface area contributed by atoms with Gasteiger partial charge in [0, 0.05) is 32.1 Å². The van der Waals surface area contributed by atoms with Crippen LogP contribution in [0.15, 0.2) is 18.7 Å². The minimum Gasteiger partial charge on any atom is -0.376 e. The molecule has 0 aromatic carbocycles. The van der Waals surface area contributed by atoms with E-state index in [1.807, 2.05) is 10.8 Å². The van der Waals surface area contributed by atoms with Gasteiger partial charge in [0.05, 0.1) is 19.0 Å². The van der Waals surface area contributed by atoms with Gasteiger partial charge in [-0.1, -0.05) is 0 Å². The molecule has 1 atom stereocenters. The molecule has 1 aliphatic heterocycles. The molecule has 112 valence electrons. The second kappa shape index (κ2) is 8.71. The summed E-state index contributed by atoms with van der Waals surface area (Å²) in [6.45, 7) is 2.96. The first-order valence-electron chi connectivity index (χ1n) is 7.26. The molecule has 2 heterocycles. The average molecular weight is 281 g/mol. The van der Waals surface area contributed by atoms with Gasteiger partial charge in [-0.2, -0.15) is 0 Å². The van der Waals surface area contributed by atoms with Gasteiger partial charge in [-0.15, -0.1) is 0 Å². The summed E-state index contributed by atoms with van der Waals surface area (Å²) in [5, 5.41) is 2.84. The van der Waals surface area contributed by atoms with E-state index in [4.69, 9.17) is 9.47 Å². The lowest BCUT2D eigenvalue weighted by Crippen LogP contribution is -2.31. The molecule has 6 heteroatoms. The standard InChI is InChI=1S/C14H23N3O3/c18-14(11-19-10-13-4-1-2-9-20-13)16-5-3-7-17-8-6-15-12-17/h6,8,12-13H,1-5,7,9-11H2,(H,16,18)/t13-/m1/s1. The number of hydrogen-bond donors (Lipinski definition) is 1. The summed E-state index contributed by atoms with van der Waals surface area (Å²) in [4.78, 5) is 15.5. The Balaban J connectivity index is 1.45. The number of imidazole rings is 1. The van der Waals surface area contributed by atoms with E-state index in [1.165, 1.54) is 6.42 Å². The number of carbonyl (C=O) groups excluding carboxylic acids is 1. The van der Waals surface area contributed by atoms with E-state index in [-0.39, 0.29) is 18.6 Å². The van der Waals surface area contributed by atoms with Gasteiger partial charge in [-0.05, 0) is 25.7 Å². The van der Waals surface area contributed by atoms with E-state index < -0.39 is 0 Å². The number of carbonyl (C=O) groups is 1. The fourth-order valence-corrected chi connectivity index (χ4v) is 2.18. The van der Waals surface area contributed by atoms with Gasteiger partial charge in [-0.25, -0.2) is 4.98 Å². The molecule has 0 unspecified atom stereocenters. The lowest BCUT2D eigenvalue weighted by molar-refractivity contribution is -0.127. The molecule has 1 saturated heterocycles. The van der Waals surface area contributed by atoms with Crippen LogP contribution in [-0.4, -0.2) is 47.9 Å². The zero-order chi connectivity index (χ0) is 14.0. The fourth-order valence-electron chi connectivity index (χ4n) is 2.18. The van der Waals surface area contributed by atoms with Crippen LogP contribution in [0.4, 0.5) is 0 Å². The van der Waals surface area contributed by atoms with Gasteiger partial charge >= 0.3 is 0 Å². The van der Waals surface area contributed by atoms with Crippen molar-refractivity contribution in [3.8, 4) is 0 Å². The summed E-state index contributed by atoms with van der Waals surface area (Å²) in [7, 11) is 0. The largest absolute Gasteiger partial charge is 0.376 e. The Kier molecular flexibility index (Phi) is 6.53. The lowest BCUT2D eigenvalue weighted by atomic mass is 10.1. The quantitative estimate of drug-likeness (QED) is 0.721. The number of nitrogens with one attached hydrogen (secondary N) is 1. The van der Waals surface area contributed by atoms with Gasteiger partial charge in [0.2, 0.25) is 5.91 Å². The second-order valence-electron chi connectivity index (χ2n) is 5.01. The van der Waals surface area contributed by atoms with Crippen molar-refractivity contribution in [2.24, 2.45) is 0 Å². The summed E-state index contributed by atoms with van der Waals surface area (Å²) < 4.78 is 12.9. The Morgan fingerprint density at radius 1 is 1.50 bits per heavy atom. The molecule has 1 fully saturated rings. The third kappa shape index (κ3) is 5.71. The van der Waals surface area contributed by atoms with Crippen LogP contribution in [0.2, 0.25) is 0 Å². The van der Waals surface area contributed by atoms with Crippen molar-refractivity contribution in [1.82, 2.24) is 14.9 Å². The van der Waals surface area contributed by atoms with Gasteiger partial charge in [-0.3, -0.25) is 4.79 Å². The molecule has 20 heavy (non-hydrogen) atoms. The van der Waals surface area contributed by atoms with E-state index in [0.29, 0.717) is 13.2 Å². The maximum absolute atomic E-state index is 11.5. The molecule has 1 aromatic rings. The van der Waals surface area contributed by atoms with Crippen molar-refractivity contribution in [3.05, 3.63) is 18.7 Å². The van der Waals surface area contributed by atoms with Crippen molar-refractivity contribution in [1.29, 1.82) is 0 Å². The third-order valence-electron chi connectivity index (χ3n) is 3.29. The normalized spacial score (nSPS) is 18.9. The molecule has 0 bridgehead atoms. The molecular weight excluding hydrogens is 258 g/mol. The number of aromatic nitrogens is 2. The maximum Gasteiger partial charge on any atom is 0.246 e. The van der Waals surface area contributed by atoms with Crippen LogP contribution < -0.4 is 5.32 Å². The minimum atomic E-state index is -0.0635. The van der Waals surface area contributed by atoms with Crippen LogP contribution in [0.1, 0.15) is 25.7 Å². The van der Waals surface area contributed by atoms with Crippen LogP contribution in [-0.2, 0) is 20.8 Å². The van der Waals surface area contributed by atoms with Crippen molar-refractivity contribution in [3.63, 3.8) is 0 Å². The van der Waals surface area contributed by atoms with E-state index >= 15 is 0 Å². The molecule has 1 N–H and O–H groups in total. The molecule has 2 rings (SSSR count). The van der Waals surface area contributed by atoms with E-state index in [2.05, 4.69) is 10.3 Å². The minimum absolute atomic E-state index is 0.0635. The molecule has 0 radical (unpaired) electrons. The molecule has 0 aliphatic carbocycles. The summed E-state index contributed by atoms with van der Waals surface area (Å²) in [5.41, 5.74) is 0. The summed E-state index contributed by atoms with van der Waals surface area (Å²) in [5.74, 6) is -0.0635. The average Bonchev–Trinajstić information content (AvgIpc) is 2.98. The van der Waals surface area contributed by atoms with Crippen LogP contribution in [0.3, 0.4) is 0 Å². The zero-order valence-corrected chi connectivity index (χ0v) is 11.8. The van der Waals surface area contributed by atoms with Gasteiger partial charge in [0.1, 0.15) is 6.61 Å². The highest BCUT2D eigenvalue weighted by Crippen LogP contribution is 2.12. The topological polar surface area (TPSA) is 65.4 Å². The summed E-state index contributed by atoms with van der Waals surface area (Å²) >= 11 is 0. The molecule has 0 spiro atoms. The van der Waals surface area contributed by atoms with Gasteiger partial charge in [0.15, 0.2) is 0 Å². The van der Waals surface area contributed by atoms with E-state index in [1.54, 1.807) is 12.5 Å². The van der Waals surface area contributed by atoms with Crippen molar-refractivity contribution in [2.75, 3.05) is 26.4 Å². The molecule has 1 aromatic heterocycles. The van der Waals surface area contributed by atoms with Crippen molar-refractivity contribution in [2.45, 2.75) is 38.3 Å². The Morgan fingerprint density at radius 3 is 3.20 bits per heavy atom. The number of rotatable bonds is 8. The Labute approximate surface area is 119 Å². The van der Waals surface area contributed by atoms with Crippen molar-refractivity contribution < 1.29 is 14.3 Å². The van der Waals surface area contributed by atoms with E-state index in [0.717, 1.165) is 32.4 Å². The smallest absolute Gasteiger partial charge is 0.246 e. The monoisotopic (exact) mass is 281 g/mol. The number of amides is 1. The zero-order valence-electron chi connectivity index (χ0n) is 11.8. The lowest BCUT2D eigenvalue weighted by Gasteiger charge is -2.22. The predicted octanol–water partition coefficient (Wildman–Crippen LogP) is 0.975. The molecule has 6 nitrogen and oxygen atoms in total. The predicted molar refractivity (Wildman–Crippen MR) is 74.3 cm³/mol. The number of hydrogen-bond acceptors (Lipinski definition) is 4. The van der Waals surface area contributed by atoms with Crippen LogP contribution in [0, 0.1) is 0 Å². The highest BCUT2D eigenvalue weighted by atomic mass is 16.5. The third-order valence-corrected chi connectivity index (χ3v) is 3.29. The molecule has 1 amide bonds. The first kappa shape index (κ1) is 15.0. The highest BCUT2D eigenvalue weighted by Gasteiger charge is 2.14. The molecule has 0 saturated carbocycles. The Hall–Kier alpha value is -1.40. The number of nitrogens with zero attached hydrogens (tertiary/aromatic N) is 2. The highest BCUT2D eigenvalue weighted by molar-refractivity contribution is 5.77. The number of aryl methyl sites for hydroxylation is 1. The first-order chi connectivity index (χ1) is 9.84. The van der Waals surface area contributed by atoms with Crippen LogP contribution in [0.5, 0.6) is 0 Å². The first-order valence-corrected chi connectivity index (χ1v) is 7.26. The summed E-state index contributed by atoms with van der Waals surface area (Å²) in [6.07, 6.45) is 9.84. The van der Waals surface area contributed by atoms with Gasteiger partial charge < -0.3 is 19.4 Å². The fraction of sp³-hybridized carbons (Fsp3) is 0.714. The molecule has 1 aliphatic rings. The Bertz CT molecular complexity index is 375. The maximum atomic E-state index is 11.5.